The van der Waals surface area contributed by atoms with Gasteiger partial charge in [0.05, 0.1) is 0 Å². The predicted molar refractivity (Wildman–Crippen MR) is 164 cm³/mol. The van der Waals surface area contributed by atoms with E-state index in [-0.39, 0.29) is 11.1 Å². The average Bonchev–Trinajstić information content (AvgIpc) is 3.74. The van der Waals surface area contributed by atoms with E-state index in [2.05, 4.69) is 27.2 Å². The van der Waals surface area contributed by atoms with E-state index >= 15 is 0 Å². The maximum atomic E-state index is 13.4. The molecule has 43 heavy (non-hydrogen) atoms. The van der Waals surface area contributed by atoms with Gasteiger partial charge in [0.25, 0.3) is 15.9 Å². The summed E-state index contributed by atoms with van der Waals surface area (Å²) in [7, 11) is -4.23. The second-order valence-corrected chi connectivity index (χ2v) is 14.8. The highest BCUT2D eigenvalue weighted by atomic mass is 32.2. The van der Waals surface area contributed by atoms with Gasteiger partial charge in [-0.3, -0.25) is 4.79 Å². The number of rotatable bonds is 8. The molecule has 3 aliphatic rings. The fourth-order valence-corrected chi connectivity index (χ4v) is 6.91. The lowest BCUT2D eigenvalue weighted by atomic mass is 9.83. The maximum absolute atomic E-state index is 13.4. The van der Waals surface area contributed by atoms with E-state index in [9.17, 15) is 18.0 Å². The number of nitrogens with one attached hydrogen (secondary N) is 2. The van der Waals surface area contributed by atoms with Gasteiger partial charge in [-0.15, -0.1) is 0 Å². The van der Waals surface area contributed by atoms with Gasteiger partial charge in [0, 0.05) is 32.0 Å². The molecule has 1 aromatic carbocycles. The molecule has 3 fully saturated rings. The molecule has 0 atom stereocenters. The zero-order valence-corrected chi connectivity index (χ0v) is 26.5. The van der Waals surface area contributed by atoms with Crippen molar-refractivity contribution < 1.29 is 27.5 Å². The Morgan fingerprint density at radius 2 is 1.70 bits per heavy atom. The molecule has 0 spiro atoms. The van der Waals surface area contributed by atoms with Crippen LogP contribution in [0.2, 0.25) is 0 Å². The second kappa shape index (κ2) is 12.3. The van der Waals surface area contributed by atoms with Crippen LogP contribution in [-0.2, 0) is 19.6 Å². The molecular formula is C32H44N4O6S. The highest BCUT2D eigenvalue weighted by Gasteiger charge is 2.54. The highest BCUT2D eigenvalue weighted by molar-refractivity contribution is 7.90. The molecule has 0 unspecified atom stereocenters. The van der Waals surface area contributed by atoms with Gasteiger partial charge >= 0.3 is 6.09 Å². The molecule has 1 aliphatic heterocycles. The minimum absolute atomic E-state index is 0.0425. The number of sulfonamides is 1. The number of hydrogen-bond acceptors (Lipinski definition) is 8. The van der Waals surface area contributed by atoms with Crippen LogP contribution in [0.5, 0.6) is 5.75 Å². The predicted octanol–water partition coefficient (Wildman–Crippen LogP) is 5.35. The van der Waals surface area contributed by atoms with Gasteiger partial charge in [-0.05, 0) is 88.6 Å². The molecule has 0 bridgehead atoms. The first-order valence-electron chi connectivity index (χ1n) is 15.4. The Morgan fingerprint density at radius 3 is 2.35 bits per heavy atom. The third-order valence-corrected chi connectivity index (χ3v) is 9.62. The van der Waals surface area contributed by atoms with Crippen molar-refractivity contribution in [1.29, 1.82) is 0 Å². The number of aryl methyl sites for hydroxylation is 1. The van der Waals surface area contributed by atoms with Gasteiger partial charge in [0.15, 0.2) is 10.6 Å². The number of hydrogen-bond donors (Lipinski definition) is 2. The molecule has 2 amide bonds. The summed E-state index contributed by atoms with van der Waals surface area (Å²) in [5.74, 6) is 0.906. The van der Waals surface area contributed by atoms with Crippen molar-refractivity contribution in [2.45, 2.75) is 114 Å². The number of piperidine rings is 1. The van der Waals surface area contributed by atoms with E-state index in [1.54, 1.807) is 12.1 Å². The Hall–Kier alpha value is -3.34. The number of alkyl carbamates (subject to hydrolysis) is 1. The molecule has 2 aliphatic carbocycles. The van der Waals surface area contributed by atoms with Gasteiger partial charge in [0.2, 0.25) is 0 Å². The van der Waals surface area contributed by atoms with Crippen LogP contribution >= 0.6 is 0 Å². The minimum Gasteiger partial charge on any atom is -0.477 e. The molecule has 5 rings (SSSR count). The number of carbonyl (C=O) groups excluding carboxylic acids is 2. The van der Waals surface area contributed by atoms with Crippen LogP contribution in [0.3, 0.4) is 0 Å². The third kappa shape index (κ3) is 7.79. The summed E-state index contributed by atoms with van der Waals surface area (Å²) in [5.41, 5.74) is 0.362. The van der Waals surface area contributed by atoms with E-state index in [0.29, 0.717) is 56.3 Å². The molecule has 11 heteroatoms. The fraction of sp³-hybridized carbons (Fsp3) is 0.594. The number of ether oxygens (including phenoxy) is 2. The molecule has 10 nitrogen and oxygen atoms in total. The Kier molecular flexibility index (Phi) is 8.92. The topological polar surface area (TPSA) is 127 Å². The quantitative estimate of drug-likeness (QED) is 0.409. The Balaban J connectivity index is 1.22. The molecule has 2 aromatic rings. The summed E-state index contributed by atoms with van der Waals surface area (Å²) in [6.07, 6.45) is 7.55. The van der Waals surface area contributed by atoms with Crippen LogP contribution in [0.4, 0.5) is 10.6 Å². The Bertz CT molecular complexity index is 1440. The molecule has 2 N–H and O–H groups in total. The van der Waals surface area contributed by atoms with Crippen LogP contribution in [0, 0.1) is 6.92 Å². The molecule has 234 valence electrons. The molecular weight excluding hydrogens is 568 g/mol. The van der Waals surface area contributed by atoms with E-state index in [1.807, 2.05) is 38.7 Å². The van der Waals surface area contributed by atoms with Gasteiger partial charge in [-0.1, -0.05) is 37.5 Å². The zero-order valence-electron chi connectivity index (χ0n) is 25.6. The van der Waals surface area contributed by atoms with Gasteiger partial charge in [0.1, 0.15) is 17.2 Å². The monoisotopic (exact) mass is 612 g/mol. The zero-order chi connectivity index (χ0) is 30.8. The smallest absolute Gasteiger partial charge is 0.407 e. The van der Waals surface area contributed by atoms with Crippen molar-refractivity contribution in [3.8, 4) is 5.75 Å². The number of anilines is 1. The van der Waals surface area contributed by atoms with E-state index in [4.69, 9.17) is 9.47 Å². The highest BCUT2D eigenvalue weighted by Crippen LogP contribution is 2.45. The van der Waals surface area contributed by atoms with Crippen LogP contribution in [0.1, 0.15) is 95.6 Å². The molecule has 2 heterocycles. The number of aromatic nitrogens is 1. The number of benzene rings is 1. The molecule has 1 saturated heterocycles. The van der Waals surface area contributed by atoms with Crippen LogP contribution in [0.25, 0.3) is 0 Å². The first-order valence-corrected chi connectivity index (χ1v) is 16.9. The summed E-state index contributed by atoms with van der Waals surface area (Å²) < 4.78 is 40.6. The number of amides is 2. The number of carbonyl (C=O) groups is 2. The maximum Gasteiger partial charge on any atom is 0.407 e. The second-order valence-electron chi connectivity index (χ2n) is 13.1. The number of pyridine rings is 1. The van der Waals surface area contributed by atoms with E-state index < -0.39 is 33.2 Å². The standard InChI is InChI=1S/C32H44N4O6S/c1-22-13-14-25(23-9-6-5-7-10-23)26(21-22)41-32(17-18-32)29(37)35-43(39,40)28-12-8-11-27(34-28)36-19-15-24(16-20-36)33-30(38)42-31(2,3)4/h8,11-14,21,23-24H,5-7,9-10,15-20H2,1-4H3,(H,33,38)(H,35,37). The third-order valence-electron chi connectivity index (χ3n) is 8.39. The lowest BCUT2D eigenvalue weighted by Crippen LogP contribution is -2.46. The largest absolute Gasteiger partial charge is 0.477 e. The average molecular weight is 613 g/mol. The molecule has 0 radical (unpaired) electrons. The van der Waals surface area contributed by atoms with Gasteiger partial charge in [-0.2, -0.15) is 8.42 Å². The van der Waals surface area contributed by atoms with Crippen molar-refractivity contribution in [3.05, 3.63) is 47.5 Å². The van der Waals surface area contributed by atoms with Gasteiger partial charge in [-0.25, -0.2) is 14.5 Å². The first-order chi connectivity index (χ1) is 20.3. The summed E-state index contributed by atoms with van der Waals surface area (Å²) in [6, 6.07) is 10.8. The van der Waals surface area contributed by atoms with Crippen molar-refractivity contribution in [1.82, 2.24) is 15.0 Å². The summed E-state index contributed by atoms with van der Waals surface area (Å²) in [6.45, 7) is 8.61. The minimum atomic E-state index is -4.23. The summed E-state index contributed by atoms with van der Waals surface area (Å²) in [4.78, 5) is 31.9. The van der Waals surface area contributed by atoms with E-state index in [0.717, 1.165) is 24.0 Å². The molecule has 1 aromatic heterocycles. The van der Waals surface area contributed by atoms with Crippen LogP contribution in [0.15, 0.2) is 41.4 Å². The fourth-order valence-electron chi connectivity index (χ4n) is 5.90. The van der Waals surface area contributed by atoms with Crippen LogP contribution in [-0.4, -0.2) is 55.7 Å². The van der Waals surface area contributed by atoms with Crippen molar-refractivity contribution in [3.63, 3.8) is 0 Å². The SMILES string of the molecule is Cc1ccc(C2CCCCC2)c(OC2(C(=O)NS(=O)(=O)c3cccc(N4CCC(NC(=O)OC(C)(C)C)CC4)n3)CC2)c1. The first kappa shape index (κ1) is 31.1. The van der Waals surface area contributed by atoms with Crippen molar-refractivity contribution in [2.24, 2.45) is 0 Å². The Labute approximate surface area is 255 Å². The Morgan fingerprint density at radius 1 is 1.00 bits per heavy atom. The summed E-state index contributed by atoms with van der Waals surface area (Å²) in [5, 5.41) is 2.68. The van der Waals surface area contributed by atoms with Crippen molar-refractivity contribution in [2.75, 3.05) is 18.0 Å². The van der Waals surface area contributed by atoms with Crippen molar-refractivity contribution >= 4 is 27.8 Å². The number of nitrogens with zero attached hydrogens (tertiary/aromatic N) is 2. The van der Waals surface area contributed by atoms with E-state index in [1.165, 1.54) is 25.3 Å². The lowest BCUT2D eigenvalue weighted by molar-refractivity contribution is -0.128. The van der Waals surface area contributed by atoms with Gasteiger partial charge < -0.3 is 19.7 Å². The summed E-state index contributed by atoms with van der Waals surface area (Å²) >= 11 is 0. The lowest BCUT2D eigenvalue weighted by Gasteiger charge is -2.33. The normalized spacial score (nSPS) is 19.4. The molecule has 2 saturated carbocycles. The van der Waals surface area contributed by atoms with Crippen LogP contribution < -0.4 is 19.7 Å².